The highest BCUT2D eigenvalue weighted by Gasteiger charge is 2.25. The molecule has 0 spiro atoms. The number of anilines is 1. The van der Waals surface area contributed by atoms with E-state index in [0.717, 1.165) is 39.3 Å². The minimum Gasteiger partial charge on any atom is -0.377 e. The van der Waals surface area contributed by atoms with Gasteiger partial charge in [0.15, 0.2) is 5.13 Å². The monoisotopic (exact) mass is 296 g/mol. The van der Waals surface area contributed by atoms with Crippen LogP contribution in [0.5, 0.6) is 0 Å². The largest absolute Gasteiger partial charge is 0.377 e. The molecule has 1 unspecified atom stereocenters. The Labute approximate surface area is 122 Å². The summed E-state index contributed by atoms with van der Waals surface area (Å²) in [5.74, 6) is 0. The van der Waals surface area contributed by atoms with E-state index in [-0.39, 0.29) is 6.03 Å². The molecular formula is C13H20N4O2S. The lowest BCUT2D eigenvalue weighted by Crippen LogP contribution is -2.51. The fourth-order valence-corrected chi connectivity index (χ4v) is 3.18. The molecule has 2 saturated heterocycles. The Hall–Kier alpha value is -1.18. The average Bonchev–Trinajstić information content (AvgIpc) is 3.13. The number of hydrogen-bond acceptors (Lipinski definition) is 5. The third-order valence-electron chi connectivity index (χ3n) is 3.79. The minimum atomic E-state index is -0.0447. The molecule has 0 aliphatic carbocycles. The van der Waals surface area contributed by atoms with Crippen molar-refractivity contribution < 1.29 is 9.53 Å². The van der Waals surface area contributed by atoms with E-state index in [2.05, 4.69) is 15.2 Å². The number of ether oxygens (including phenoxy) is 1. The van der Waals surface area contributed by atoms with Gasteiger partial charge in [0.2, 0.25) is 0 Å². The Morgan fingerprint density at radius 3 is 2.95 bits per heavy atom. The van der Waals surface area contributed by atoms with Gasteiger partial charge in [0.1, 0.15) is 0 Å². The van der Waals surface area contributed by atoms with Crippen LogP contribution < -0.4 is 5.32 Å². The molecular weight excluding hydrogens is 276 g/mol. The summed E-state index contributed by atoms with van der Waals surface area (Å²) in [4.78, 5) is 20.4. The van der Waals surface area contributed by atoms with Crippen molar-refractivity contribution in [3.63, 3.8) is 0 Å². The van der Waals surface area contributed by atoms with Crippen LogP contribution in [0.4, 0.5) is 9.93 Å². The van der Waals surface area contributed by atoms with Gasteiger partial charge < -0.3 is 9.64 Å². The number of carbonyl (C=O) groups excluding carboxylic acids is 1. The van der Waals surface area contributed by atoms with Crippen LogP contribution in [0.3, 0.4) is 0 Å². The second-order valence-corrected chi connectivity index (χ2v) is 6.08. The lowest BCUT2D eigenvalue weighted by atomic mass is 10.2. The van der Waals surface area contributed by atoms with Crippen molar-refractivity contribution in [1.82, 2.24) is 14.8 Å². The van der Waals surface area contributed by atoms with Crippen molar-refractivity contribution in [3.8, 4) is 0 Å². The fourth-order valence-electron chi connectivity index (χ4n) is 2.67. The van der Waals surface area contributed by atoms with Gasteiger partial charge in [0.25, 0.3) is 0 Å². The summed E-state index contributed by atoms with van der Waals surface area (Å²) in [6, 6.07) is -0.0447. The van der Waals surface area contributed by atoms with Crippen molar-refractivity contribution in [2.75, 3.05) is 44.6 Å². The second kappa shape index (κ2) is 6.51. The first kappa shape index (κ1) is 13.8. The van der Waals surface area contributed by atoms with Crippen LogP contribution in [0.1, 0.15) is 12.8 Å². The van der Waals surface area contributed by atoms with E-state index in [1.165, 1.54) is 24.2 Å². The SMILES string of the molecule is O=C(Nc1nccs1)N1CCN(CC2CCCO2)CC1. The first-order chi connectivity index (χ1) is 9.81. The van der Waals surface area contributed by atoms with Crippen LogP contribution in [0, 0.1) is 0 Å². The normalized spacial score (nSPS) is 24.0. The summed E-state index contributed by atoms with van der Waals surface area (Å²) < 4.78 is 5.66. The zero-order valence-corrected chi connectivity index (χ0v) is 12.3. The number of piperazine rings is 1. The molecule has 3 heterocycles. The molecule has 6 nitrogen and oxygen atoms in total. The van der Waals surface area contributed by atoms with Gasteiger partial charge >= 0.3 is 6.03 Å². The third-order valence-corrected chi connectivity index (χ3v) is 4.48. The molecule has 1 N–H and O–H groups in total. The molecule has 1 atom stereocenters. The second-order valence-electron chi connectivity index (χ2n) is 5.19. The predicted molar refractivity (Wildman–Crippen MR) is 78.1 cm³/mol. The maximum Gasteiger partial charge on any atom is 0.323 e. The van der Waals surface area contributed by atoms with E-state index in [4.69, 9.17) is 4.74 Å². The molecule has 7 heteroatoms. The maximum absolute atomic E-state index is 12.1. The van der Waals surface area contributed by atoms with Gasteiger partial charge in [0, 0.05) is 50.9 Å². The molecule has 0 aromatic carbocycles. The highest BCUT2D eigenvalue weighted by Crippen LogP contribution is 2.15. The molecule has 2 amide bonds. The Morgan fingerprint density at radius 2 is 2.30 bits per heavy atom. The standard InChI is InChI=1S/C13H20N4O2S/c18-13(15-12-14-3-9-20-12)17-6-4-16(5-7-17)10-11-2-1-8-19-11/h3,9,11H,1-2,4-8,10H2,(H,14,15,18). The predicted octanol–water partition coefficient (Wildman–Crippen LogP) is 1.47. The molecule has 2 aliphatic rings. The summed E-state index contributed by atoms with van der Waals surface area (Å²) >= 11 is 1.44. The Kier molecular flexibility index (Phi) is 4.49. The smallest absolute Gasteiger partial charge is 0.323 e. The number of rotatable bonds is 3. The molecule has 110 valence electrons. The van der Waals surface area contributed by atoms with Crippen molar-refractivity contribution in [2.24, 2.45) is 0 Å². The number of nitrogens with one attached hydrogen (secondary N) is 1. The number of carbonyl (C=O) groups is 1. The molecule has 20 heavy (non-hydrogen) atoms. The molecule has 2 fully saturated rings. The third kappa shape index (κ3) is 3.47. The number of aromatic nitrogens is 1. The summed E-state index contributed by atoms with van der Waals surface area (Å²) in [7, 11) is 0. The van der Waals surface area contributed by atoms with E-state index >= 15 is 0 Å². The lowest BCUT2D eigenvalue weighted by Gasteiger charge is -2.35. The number of urea groups is 1. The van der Waals surface area contributed by atoms with Crippen LogP contribution in [0.25, 0.3) is 0 Å². The minimum absolute atomic E-state index is 0.0447. The van der Waals surface area contributed by atoms with Gasteiger partial charge in [-0.3, -0.25) is 10.2 Å². The van der Waals surface area contributed by atoms with Gasteiger partial charge in [0.05, 0.1) is 6.10 Å². The molecule has 0 radical (unpaired) electrons. The van der Waals surface area contributed by atoms with Crippen LogP contribution in [-0.2, 0) is 4.74 Å². The zero-order valence-electron chi connectivity index (χ0n) is 11.5. The molecule has 2 aliphatic heterocycles. The molecule has 0 saturated carbocycles. The topological polar surface area (TPSA) is 57.7 Å². The lowest BCUT2D eigenvalue weighted by molar-refractivity contribution is 0.0572. The summed E-state index contributed by atoms with van der Waals surface area (Å²) in [6.45, 7) is 5.28. The molecule has 3 rings (SSSR count). The van der Waals surface area contributed by atoms with Crippen molar-refractivity contribution in [3.05, 3.63) is 11.6 Å². The van der Waals surface area contributed by atoms with Crippen LogP contribution in [-0.4, -0.2) is 66.2 Å². The number of nitrogens with zero attached hydrogens (tertiary/aromatic N) is 3. The Morgan fingerprint density at radius 1 is 1.45 bits per heavy atom. The Balaban J connectivity index is 1.42. The zero-order chi connectivity index (χ0) is 13.8. The van der Waals surface area contributed by atoms with Crippen molar-refractivity contribution >= 4 is 22.5 Å². The van der Waals surface area contributed by atoms with E-state index in [9.17, 15) is 4.79 Å². The van der Waals surface area contributed by atoms with E-state index in [0.29, 0.717) is 11.2 Å². The quantitative estimate of drug-likeness (QED) is 0.918. The van der Waals surface area contributed by atoms with Crippen LogP contribution in [0.15, 0.2) is 11.6 Å². The van der Waals surface area contributed by atoms with Gasteiger partial charge in [-0.05, 0) is 12.8 Å². The van der Waals surface area contributed by atoms with Gasteiger partial charge in [-0.2, -0.15) is 0 Å². The van der Waals surface area contributed by atoms with Crippen molar-refractivity contribution in [2.45, 2.75) is 18.9 Å². The van der Waals surface area contributed by atoms with Gasteiger partial charge in [-0.25, -0.2) is 9.78 Å². The fraction of sp³-hybridized carbons (Fsp3) is 0.692. The summed E-state index contributed by atoms with van der Waals surface area (Å²) in [5.41, 5.74) is 0. The molecule has 0 bridgehead atoms. The first-order valence-corrected chi connectivity index (χ1v) is 7.98. The highest BCUT2D eigenvalue weighted by atomic mass is 32.1. The van der Waals surface area contributed by atoms with E-state index in [1.807, 2.05) is 10.3 Å². The summed E-state index contributed by atoms with van der Waals surface area (Å²) in [6.07, 6.45) is 4.44. The maximum atomic E-state index is 12.1. The van der Waals surface area contributed by atoms with Gasteiger partial charge in [-0.15, -0.1) is 11.3 Å². The number of hydrogen-bond donors (Lipinski definition) is 1. The number of thiazole rings is 1. The number of amides is 2. The van der Waals surface area contributed by atoms with Crippen LogP contribution in [0.2, 0.25) is 0 Å². The van der Waals surface area contributed by atoms with Crippen molar-refractivity contribution in [1.29, 1.82) is 0 Å². The van der Waals surface area contributed by atoms with Crippen LogP contribution >= 0.6 is 11.3 Å². The van der Waals surface area contributed by atoms with E-state index in [1.54, 1.807) is 6.20 Å². The Bertz CT molecular complexity index is 426. The molecule has 1 aromatic rings. The summed E-state index contributed by atoms with van der Waals surface area (Å²) in [5, 5.41) is 5.35. The first-order valence-electron chi connectivity index (χ1n) is 7.10. The average molecular weight is 296 g/mol. The van der Waals surface area contributed by atoms with E-state index < -0.39 is 0 Å². The van der Waals surface area contributed by atoms with Gasteiger partial charge in [-0.1, -0.05) is 0 Å². The molecule has 1 aromatic heterocycles. The highest BCUT2D eigenvalue weighted by molar-refractivity contribution is 7.13.